The van der Waals surface area contributed by atoms with Crippen LogP contribution in [-0.2, 0) is 17.8 Å². The number of carboxylic acid groups (broad SMARTS) is 1. The quantitative estimate of drug-likeness (QED) is 0.818. The number of fused-ring (bicyclic) bond motifs is 1. The van der Waals surface area contributed by atoms with Gasteiger partial charge in [0.05, 0.1) is 13.0 Å². The molecule has 0 atom stereocenters. The Labute approximate surface area is 121 Å². The molecule has 0 saturated carbocycles. The van der Waals surface area contributed by atoms with E-state index in [0.29, 0.717) is 17.1 Å². The summed E-state index contributed by atoms with van der Waals surface area (Å²) in [6.07, 6.45) is -0.0491. The third-order valence-electron chi connectivity index (χ3n) is 3.27. The summed E-state index contributed by atoms with van der Waals surface area (Å²) in [5.74, 6) is 0.260. The molecule has 21 heavy (non-hydrogen) atoms. The summed E-state index contributed by atoms with van der Waals surface area (Å²) in [4.78, 5) is 10.7. The maximum Gasteiger partial charge on any atom is 0.632 e. The lowest BCUT2D eigenvalue weighted by atomic mass is 9.79. The van der Waals surface area contributed by atoms with E-state index in [2.05, 4.69) is 0 Å². The number of aliphatic hydroxyl groups is 1. The van der Waals surface area contributed by atoms with Crippen molar-refractivity contribution >= 4 is 18.6 Å². The van der Waals surface area contributed by atoms with Crippen molar-refractivity contribution in [2.24, 2.45) is 0 Å². The van der Waals surface area contributed by atoms with E-state index in [9.17, 15) is 4.79 Å². The van der Waals surface area contributed by atoms with Crippen LogP contribution in [0.25, 0.3) is 0 Å². The number of carboxylic acids is 1. The van der Waals surface area contributed by atoms with Gasteiger partial charge in [-0.15, -0.1) is 0 Å². The molecule has 0 amide bonds. The summed E-state index contributed by atoms with van der Waals surface area (Å²) in [7, 11) is -0.548. The van der Waals surface area contributed by atoms with Crippen LogP contribution in [0.3, 0.4) is 0 Å². The van der Waals surface area contributed by atoms with Crippen LogP contribution in [-0.4, -0.2) is 23.3 Å². The van der Waals surface area contributed by atoms with E-state index in [1.807, 2.05) is 12.1 Å². The van der Waals surface area contributed by atoms with E-state index in [0.717, 1.165) is 11.0 Å². The minimum atomic E-state index is -0.884. The third-order valence-corrected chi connectivity index (χ3v) is 3.27. The highest BCUT2D eigenvalue weighted by Crippen LogP contribution is 2.34. The van der Waals surface area contributed by atoms with E-state index >= 15 is 0 Å². The molecule has 0 saturated heterocycles. The number of aliphatic hydroxyl groups excluding tert-OH is 1. The number of rotatable bonds is 4. The molecule has 106 valence electrons. The summed E-state index contributed by atoms with van der Waals surface area (Å²) < 4.78 is 11.4. The van der Waals surface area contributed by atoms with Crippen molar-refractivity contribution in [1.82, 2.24) is 0 Å². The number of aliphatic carboxylic acids is 1. The Hall–Kier alpha value is -2.47. The van der Waals surface area contributed by atoms with Gasteiger partial charge in [-0.1, -0.05) is 30.3 Å². The van der Waals surface area contributed by atoms with E-state index in [1.54, 1.807) is 30.3 Å². The smallest absolute Gasteiger partial charge is 0.519 e. The molecule has 0 radical (unpaired) electrons. The van der Waals surface area contributed by atoms with Crippen LogP contribution < -0.4 is 14.8 Å². The van der Waals surface area contributed by atoms with Gasteiger partial charge in [-0.25, -0.2) is 0 Å². The van der Waals surface area contributed by atoms with Crippen LogP contribution in [0.2, 0.25) is 0 Å². The average Bonchev–Trinajstić information content (AvgIpc) is 2.90. The molecule has 1 aliphatic heterocycles. The van der Waals surface area contributed by atoms with Crippen molar-refractivity contribution in [2.45, 2.75) is 13.0 Å². The second-order valence-corrected chi connectivity index (χ2v) is 4.82. The van der Waals surface area contributed by atoms with Crippen LogP contribution in [0.1, 0.15) is 11.1 Å². The molecule has 2 aromatic carbocycles. The molecular weight excluding hydrogens is 271 g/mol. The van der Waals surface area contributed by atoms with Gasteiger partial charge in [0.2, 0.25) is 0 Å². The monoisotopic (exact) mass is 284 g/mol. The number of hydrogen-bond acceptors (Lipinski definition) is 4. The lowest BCUT2D eigenvalue weighted by Crippen LogP contribution is -2.38. The molecule has 0 aliphatic carbocycles. The van der Waals surface area contributed by atoms with Crippen molar-refractivity contribution < 1.29 is 24.3 Å². The fraction of sp³-hybridized carbons (Fsp3) is 0.133. The van der Waals surface area contributed by atoms with Crippen molar-refractivity contribution in [3.05, 3.63) is 53.6 Å². The van der Waals surface area contributed by atoms with Gasteiger partial charge in [-0.2, -0.15) is 0 Å². The molecule has 1 heterocycles. The largest absolute Gasteiger partial charge is 0.632 e. The van der Waals surface area contributed by atoms with Crippen LogP contribution in [0.5, 0.6) is 11.5 Å². The minimum Gasteiger partial charge on any atom is -0.519 e. The first kappa shape index (κ1) is 13.5. The maximum atomic E-state index is 10.7. The van der Waals surface area contributed by atoms with E-state index < -0.39 is 13.1 Å². The summed E-state index contributed by atoms with van der Waals surface area (Å²) in [6.45, 7) is -0.00850. The minimum absolute atomic E-state index is 0.00850. The van der Waals surface area contributed by atoms with Gasteiger partial charge in [-0.3, -0.25) is 4.79 Å². The van der Waals surface area contributed by atoms with Gasteiger partial charge in [0, 0.05) is 5.46 Å². The highest BCUT2D eigenvalue weighted by atomic mass is 16.6. The third kappa shape index (κ3) is 2.85. The molecule has 5 nitrogen and oxygen atoms in total. The van der Waals surface area contributed by atoms with Gasteiger partial charge in [-0.05, 0) is 23.3 Å². The summed E-state index contributed by atoms with van der Waals surface area (Å²) in [5, 5.41) is 17.8. The molecule has 0 bridgehead atoms. The Morgan fingerprint density at radius 2 is 1.67 bits per heavy atom. The average molecular weight is 284 g/mol. The standard InChI is InChI=1S/C15H13BO5/c17-9-10-1-4-12(5-2-10)16-20-13-6-3-11(8-15(18)19)7-14(13)21-16/h1-7,17H,8-9H2,(H,18,19). The molecule has 1 aliphatic rings. The van der Waals surface area contributed by atoms with Crippen molar-refractivity contribution in [1.29, 1.82) is 0 Å². The zero-order valence-corrected chi connectivity index (χ0v) is 11.2. The lowest BCUT2D eigenvalue weighted by Gasteiger charge is -2.05. The topological polar surface area (TPSA) is 76.0 Å². The second kappa shape index (κ2) is 5.50. The van der Waals surface area contributed by atoms with E-state index in [4.69, 9.17) is 19.5 Å². The summed E-state index contributed by atoms with van der Waals surface area (Å²) in [5.41, 5.74) is 2.32. The van der Waals surface area contributed by atoms with Gasteiger partial charge >= 0.3 is 13.1 Å². The zero-order valence-electron chi connectivity index (χ0n) is 11.2. The van der Waals surface area contributed by atoms with Gasteiger partial charge in [0.15, 0.2) is 0 Å². The molecule has 2 N–H and O–H groups in total. The van der Waals surface area contributed by atoms with Crippen LogP contribution >= 0.6 is 0 Å². The van der Waals surface area contributed by atoms with Crippen LogP contribution in [0, 0.1) is 0 Å². The van der Waals surface area contributed by atoms with Crippen molar-refractivity contribution in [3.63, 3.8) is 0 Å². The lowest BCUT2D eigenvalue weighted by molar-refractivity contribution is -0.136. The fourth-order valence-electron chi connectivity index (χ4n) is 2.20. The molecule has 6 heteroatoms. The molecule has 3 rings (SSSR count). The molecule has 0 spiro atoms. The number of benzene rings is 2. The normalized spacial score (nSPS) is 12.5. The first-order chi connectivity index (χ1) is 10.2. The summed E-state index contributed by atoms with van der Waals surface area (Å²) in [6, 6.07) is 12.4. The maximum absolute atomic E-state index is 10.7. The van der Waals surface area contributed by atoms with Gasteiger partial charge in [0.25, 0.3) is 0 Å². The first-order valence-corrected chi connectivity index (χ1v) is 6.53. The summed E-state index contributed by atoms with van der Waals surface area (Å²) >= 11 is 0. The fourth-order valence-corrected chi connectivity index (χ4v) is 2.20. The molecular formula is C15H13BO5. The Balaban J connectivity index is 1.78. The Morgan fingerprint density at radius 1 is 1.00 bits per heavy atom. The zero-order chi connectivity index (χ0) is 14.8. The van der Waals surface area contributed by atoms with Gasteiger partial charge in [0.1, 0.15) is 11.5 Å². The van der Waals surface area contributed by atoms with Crippen molar-refractivity contribution in [2.75, 3.05) is 0 Å². The van der Waals surface area contributed by atoms with Crippen LogP contribution in [0.15, 0.2) is 42.5 Å². The predicted molar refractivity (Wildman–Crippen MR) is 76.8 cm³/mol. The van der Waals surface area contributed by atoms with E-state index in [1.165, 1.54) is 0 Å². The van der Waals surface area contributed by atoms with E-state index in [-0.39, 0.29) is 13.0 Å². The molecule has 0 unspecified atom stereocenters. The number of carbonyl (C=O) groups is 1. The van der Waals surface area contributed by atoms with Gasteiger partial charge < -0.3 is 19.5 Å². The molecule has 0 aromatic heterocycles. The number of hydrogen-bond donors (Lipinski definition) is 2. The van der Waals surface area contributed by atoms with Crippen LogP contribution in [0.4, 0.5) is 0 Å². The molecule has 0 fully saturated rings. The highest BCUT2D eigenvalue weighted by molar-refractivity contribution is 6.63. The molecule has 2 aromatic rings. The first-order valence-electron chi connectivity index (χ1n) is 6.53. The second-order valence-electron chi connectivity index (χ2n) is 4.82. The predicted octanol–water partition coefficient (Wildman–Crippen LogP) is 0.973. The Morgan fingerprint density at radius 3 is 2.33 bits per heavy atom. The van der Waals surface area contributed by atoms with Crippen molar-refractivity contribution in [3.8, 4) is 11.5 Å². The highest BCUT2D eigenvalue weighted by Gasteiger charge is 2.34. The Kier molecular flexibility index (Phi) is 3.54. The Bertz CT molecular complexity index is 668. The SMILES string of the molecule is O=C(O)Cc1ccc2c(c1)OB(c1ccc(CO)cc1)O2.